The van der Waals surface area contributed by atoms with E-state index >= 15 is 0 Å². The normalized spacial score (nSPS) is 10.6. The Labute approximate surface area is 169 Å². The van der Waals surface area contributed by atoms with Crippen LogP contribution < -0.4 is 10.2 Å². The summed E-state index contributed by atoms with van der Waals surface area (Å²) in [4.78, 5) is 32.2. The van der Waals surface area contributed by atoms with Crippen molar-refractivity contribution in [3.8, 4) is 5.75 Å². The van der Waals surface area contributed by atoms with Gasteiger partial charge in [0.2, 0.25) is 0 Å². The number of rotatable bonds is 5. The van der Waals surface area contributed by atoms with Crippen LogP contribution in [0.5, 0.6) is 5.75 Å². The first-order valence-electron chi connectivity index (χ1n) is 8.21. The minimum Gasteiger partial charge on any atom is -0.422 e. The first-order valence-corrected chi connectivity index (χ1v) is 9.00. The maximum absolute atomic E-state index is 12.5. The third-order valence-electron chi connectivity index (χ3n) is 3.71. The van der Waals surface area contributed by atoms with E-state index < -0.39 is 11.9 Å². The van der Waals surface area contributed by atoms with Crippen molar-refractivity contribution in [2.24, 2.45) is 5.10 Å². The maximum Gasteiger partial charge on any atom is 0.343 e. The Morgan fingerprint density at radius 2 is 2.00 bits per heavy atom. The third kappa shape index (κ3) is 4.86. The Balaban J connectivity index is 1.76. The zero-order valence-corrected chi connectivity index (χ0v) is 16.4. The summed E-state index contributed by atoms with van der Waals surface area (Å²) in [5.41, 5.74) is 4.30. The van der Waals surface area contributed by atoms with Gasteiger partial charge in [0, 0.05) is 22.4 Å². The number of carbonyl (C=O) groups excluding carboxylic acids is 2. The zero-order valence-electron chi connectivity index (χ0n) is 14.8. The lowest BCUT2D eigenvalue weighted by molar-refractivity contribution is 0.0733. The van der Waals surface area contributed by atoms with Gasteiger partial charge in [-0.25, -0.2) is 15.2 Å². The van der Waals surface area contributed by atoms with Gasteiger partial charge in [-0.3, -0.25) is 9.78 Å². The summed E-state index contributed by atoms with van der Waals surface area (Å²) in [7, 11) is 0. The van der Waals surface area contributed by atoms with Crippen molar-refractivity contribution in [3.63, 3.8) is 0 Å². The monoisotopic (exact) mass is 438 g/mol. The zero-order chi connectivity index (χ0) is 19.9. The lowest BCUT2D eigenvalue weighted by Crippen LogP contribution is -2.19. The lowest BCUT2D eigenvalue weighted by Gasteiger charge is -2.09. The average molecular weight is 439 g/mol. The van der Waals surface area contributed by atoms with Crippen LogP contribution in [0.2, 0.25) is 0 Å². The van der Waals surface area contributed by atoms with Crippen LogP contribution in [0.15, 0.2) is 70.6 Å². The summed E-state index contributed by atoms with van der Waals surface area (Å²) in [6.07, 6.45) is 5.60. The molecule has 7 nitrogen and oxygen atoms in total. The number of benzene rings is 2. The van der Waals surface area contributed by atoms with Crippen LogP contribution in [0.25, 0.3) is 0 Å². The number of esters is 1. The molecule has 1 heterocycles. The molecule has 1 N–H and O–H groups in total. The second kappa shape index (κ2) is 9.01. The van der Waals surface area contributed by atoms with Crippen LogP contribution in [-0.4, -0.2) is 28.1 Å². The van der Waals surface area contributed by atoms with E-state index in [4.69, 9.17) is 4.74 Å². The summed E-state index contributed by atoms with van der Waals surface area (Å²) in [6, 6.07) is 12.3. The predicted octanol–water partition coefficient (Wildman–Crippen LogP) is 3.53. The van der Waals surface area contributed by atoms with Crippen LogP contribution in [0.3, 0.4) is 0 Å². The number of nitrogens with zero attached hydrogens (tertiary/aromatic N) is 3. The van der Waals surface area contributed by atoms with E-state index in [9.17, 15) is 9.59 Å². The standard InChI is InChI=1S/C20H15BrN4O3/c1-13-4-2-3-5-16(13)20(27)28-18-7-6-15(21)10-14(18)11-24-25-19(26)17-12-22-8-9-23-17/h2-12H,1H3,(H,25,26)/b24-11+. The molecule has 0 saturated carbocycles. The van der Waals surface area contributed by atoms with Gasteiger partial charge < -0.3 is 4.74 Å². The van der Waals surface area contributed by atoms with E-state index in [1.54, 1.807) is 30.3 Å². The molecule has 0 aliphatic rings. The number of aromatic nitrogens is 2. The quantitative estimate of drug-likeness (QED) is 0.284. The molecule has 0 fully saturated rings. The van der Waals surface area contributed by atoms with E-state index in [1.165, 1.54) is 24.8 Å². The minimum absolute atomic E-state index is 0.139. The Bertz CT molecular complexity index is 1040. The fraction of sp³-hybridized carbons (Fsp3) is 0.0500. The molecule has 0 spiro atoms. The summed E-state index contributed by atoms with van der Waals surface area (Å²) in [5.74, 6) is -0.662. The molecule has 1 aromatic heterocycles. The molecule has 3 rings (SSSR count). The van der Waals surface area contributed by atoms with Crippen molar-refractivity contribution in [2.45, 2.75) is 6.92 Å². The lowest BCUT2D eigenvalue weighted by atomic mass is 10.1. The molecular formula is C20H15BrN4O3. The van der Waals surface area contributed by atoms with Gasteiger partial charge in [0.15, 0.2) is 0 Å². The van der Waals surface area contributed by atoms with Crippen LogP contribution >= 0.6 is 15.9 Å². The van der Waals surface area contributed by atoms with Crippen LogP contribution in [0, 0.1) is 6.92 Å². The second-order valence-corrected chi connectivity index (χ2v) is 6.59. The van der Waals surface area contributed by atoms with Gasteiger partial charge in [-0.05, 0) is 36.8 Å². The van der Waals surface area contributed by atoms with Crippen molar-refractivity contribution in [1.82, 2.24) is 15.4 Å². The van der Waals surface area contributed by atoms with Gasteiger partial charge in [0.25, 0.3) is 5.91 Å². The molecular weight excluding hydrogens is 424 g/mol. The Morgan fingerprint density at radius 1 is 1.18 bits per heavy atom. The number of aryl methyl sites for hydroxylation is 1. The molecule has 140 valence electrons. The predicted molar refractivity (Wildman–Crippen MR) is 107 cm³/mol. The minimum atomic E-state index is -0.502. The van der Waals surface area contributed by atoms with Crippen molar-refractivity contribution in [2.75, 3.05) is 0 Å². The molecule has 28 heavy (non-hydrogen) atoms. The van der Waals surface area contributed by atoms with Gasteiger partial charge in [0.05, 0.1) is 18.0 Å². The Kier molecular flexibility index (Phi) is 6.23. The first kappa shape index (κ1) is 19.4. The van der Waals surface area contributed by atoms with Crippen LogP contribution in [0.1, 0.15) is 32.0 Å². The van der Waals surface area contributed by atoms with Crippen LogP contribution in [-0.2, 0) is 0 Å². The summed E-state index contributed by atoms with van der Waals surface area (Å²) < 4.78 is 6.29. The summed E-state index contributed by atoms with van der Waals surface area (Å²) in [5, 5.41) is 3.91. The molecule has 0 aliphatic carbocycles. The highest BCUT2D eigenvalue weighted by molar-refractivity contribution is 9.10. The number of carbonyl (C=O) groups is 2. The molecule has 0 saturated heterocycles. The number of hydrogen-bond acceptors (Lipinski definition) is 6. The highest BCUT2D eigenvalue weighted by Gasteiger charge is 2.13. The summed E-state index contributed by atoms with van der Waals surface area (Å²) >= 11 is 3.37. The van der Waals surface area contributed by atoms with Gasteiger partial charge in [-0.2, -0.15) is 5.10 Å². The molecule has 0 bridgehead atoms. The first-order chi connectivity index (χ1) is 13.5. The topological polar surface area (TPSA) is 93.5 Å². The van der Waals surface area contributed by atoms with E-state index in [1.807, 2.05) is 19.1 Å². The van der Waals surface area contributed by atoms with Gasteiger partial charge in [0.1, 0.15) is 11.4 Å². The largest absolute Gasteiger partial charge is 0.422 e. The number of amides is 1. The molecule has 3 aromatic rings. The van der Waals surface area contributed by atoms with Crippen molar-refractivity contribution in [1.29, 1.82) is 0 Å². The number of ether oxygens (including phenoxy) is 1. The maximum atomic E-state index is 12.5. The van der Waals surface area contributed by atoms with E-state index in [0.717, 1.165) is 10.0 Å². The highest BCUT2D eigenvalue weighted by Crippen LogP contribution is 2.23. The fourth-order valence-corrected chi connectivity index (χ4v) is 2.68. The van der Waals surface area contributed by atoms with E-state index in [2.05, 4.69) is 36.4 Å². The third-order valence-corrected chi connectivity index (χ3v) is 4.20. The second-order valence-electron chi connectivity index (χ2n) is 5.68. The highest BCUT2D eigenvalue weighted by atomic mass is 79.9. The molecule has 8 heteroatoms. The van der Waals surface area contributed by atoms with Crippen molar-refractivity contribution >= 4 is 34.0 Å². The smallest absolute Gasteiger partial charge is 0.343 e. The fourth-order valence-electron chi connectivity index (χ4n) is 2.30. The molecule has 0 unspecified atom stereocenters. The molecule has 0 atom stereocenters. The van der Waals surface area contributed by atoms with E-state index in [0.29, 0.717) is 16.9 Å². The molecule has 0 radical (unpaired) electrons. The summed E-state index contributed by atoms with van der Waals surface area (Å²) in [6.45, 7) is 1.84. The Morgan fingerprint density at radius 3 is 2.75 bits per heavy atom. The van der Waals surface area contributed by atoms with Gasteiger partial charge in [-0.1, -0.05) is 34.1 Å². The van der Waals surface area contributed by atoms with Gasteiger partial charge in [-0.15, -0.1) is 0 Å². The Hall–Kier alpha value is -3.39. The van der Waals surface area contributed by atoms with Crippen LogP contribution in [0.4, 0.5) is 0 Å². The van der Waals surface area contributed by atoms with Crippen molar-refractivity contribution < 1.29 is 14.3 Å². The number of hydrogen-bond donors (Lipinski definition) is 1. The number of hydrazone groups is 1. The number of halogens is 1. The molecule has 2 aromatic carbocycles. The number of nitrogens with one attached hydrogen (secondary N) is 1. The molecule has 1 amide bonds. The SMILES string of the molecule is Cc1ccccc1C(=O)Oc1ccc(Br)cc1/C=N/NC(=O)c1cnccn1. The average Bonchev–Trinajstić information content (AvgIpc) is 2.70. The van der Waals surface area contributed by atoms with E-state index in [-0.39, 0.29) is 5.69 Å². The van der Waals surface area contributed by atoms with Crippen molar-refractivity contribution in [3.05, 3.63) is 87.9 Å². The van der Waals surface area contributed by atoms with Gasteiger partial charge >= 0.3 is 5.97 Å². The molecule has 0 aliphatic heterocycles.